The third kappa shape index (κ3) is 8.34. The Morgan fingerprint density at radius 1 is 0.792 bits per heavy atom. The molecule has 0 aliphatic heterocycles. The fourth-order valence-electron chi connectivity index (χ4n) is 1.90. The van der Waals surface area contributed by atoms with E-state index < -0.39 is 0 Å². The van der Waals surface area contributed by atoms with Crippen LogP contribution in [0.5, 0.6) is 11.5 Å². The first-order valence-corrected chi connectivity index (χ1v) is 7.65. The summed E-state index contributed by atoms with van der Waals surface area (Å²) in [5, 5.41) is 6.80. The van der Waals surface area contributed by atoms with Gasteiger partial charge in [-0.15, -0.1) is 0 Å². The van der Waals surface area contributed by atoms with Crippen molar-refractivity contribution in [2.45, 2.75) is 13.8 Å². The Balaban J connectivity index is 0.00000264. The molecular formula is C17H22N2O2SSrTi. The first-order chi connectivity index (χ1) is 10.7. The second-order valence-electron chi connectivity index (χ2n) is 4.49. The van der Waals surface area contributed by atoms with Gasteiger partial charge in [-0.05, 0) is 74.6 Å². The second kappa shape index (κ2) is 13.2. The number of ether oxygens (including phenoxy) is 2. The standard InChI is InChI=1S/C17H20N2O2S.Sr.Ti.2H/c1-3-20-15-9-5-13(6-10-15)18-17(22)19-14-7-11-16(12-8-14)21-4-2;;;;/h5-12H,3-4H2,1-2H3,(H2,18,19,22);;;;. The van der Waals surface area contributed by atoms with Gasteiger partial charge >= 0.3 is 45.5 Å². The summed E-state index contributed by atoms with van der Waals surface area (Å²) in [5.41, 5.74) is 1.82. The Labute approximate surface area is 200 Å². The molecule has 124 valence electrons. The maximum atomic E-state index is 5.40. The maximum absolute atomic E-state index is 5.40. The van der Waals surface area contributed by atoms with Gasteiger partial charge in [0.25, 0.3) is 0 Å². The Bertz CT molecular complexity index is 555. The number of benzene rings is 2. The van der Waals surface area contributed by atoms with Crippen LogP contribution in [0, 0.1) is 0 Å². The first kappa shape index (κ1) is 23.9. The number of hydrogen-bond donors (Lipinski definition) is 2. The minimum atomic E-state index is 0. The van der Waals surface area contributed by atoms with E-state index in [1.807, 2.05) is 62.4 Å². The zero-order chi connectivity index (χ0) is 15.8. The minimum Gasteiger partial charge on any atom is 0 e. The van der Waals surface area contributed by atoms with E-state index in [0.29, 0.717) is 18.3 Å². The Morgan fingerprint density at radius 3 is 1.42 bits per heavy atom. The van der Waals surface area contributed by atoms with Crippen LogP contribution in [0.25, 0.3) is 0 Å². The summed E-state index contributed by atoms with van der Waals surface area (Å²) >= 11 is 5.30. The average molecular weight is 454 g/mol. The van der Waals surface area contributed by atoms with Crippen LogP contribution in [0.3, 0.4) is 0 Å². The quantitative estimate of drug-likeness (QED) is 0.518. The number of thiocarbonyl (C=S) groups is 1. The Hall–Kier alpha value is -0.0752. The molecule has 0 saturated heterocycles. The molecule has 0 bridgehead atoms. The number of hydrogen-bond acceptors (Lipinski definition) is 3. The van der Waals surface area contributed by atoms with Crippen LogP contribution in [0.2, 0.25) is 0 Å². The molecule has 0 aromatic heterocycles. The Kier molecular flexibility index (Phi) is 13.1. The van der Waals surface area contributed by atoms with Crippen LogP contribution in [0.15, 0.2) is 48.5 Å². The smallest absolute Gasteiger partial charge is 0 e. The molecule has 0 aliphatic carbocycles. The van der Waals surface area contributed by atoms with E-state index in [2.05, 4.69) is 10.6 Å². The molecule has 0 aliphatic rings. The third-order valence-corrected chi connectivity index (χ3v) is 3.05. The molecule has 2 N–H and O–H groups in total. The van der Waals surface area contributed by atoms with Crippen molar-refractivity contribution in [3.8, 4) is 11.5 Å². The molecule has 0 radical (unpaired) electrons. The van der Waals surface area contributed by atoms with Gasteiger partial charge in [0.2, 0.25) is 0 Å². The molecule has 0 spiro atoms. The fourth-order valence-corrected chi connectivity index (χ4v) is 2.13. The van der Waals surface area contributed by atoms with Crippen molar-refractivity contribution in [1.29, 1.82) is 0 Å². The summed E-state index contributed by atoms with van der Waals surface area (Å²) in [6.45, 7) is 5.24. The molecule has 4 nitrogen and oxygen atoms in total. The van der Waals surface area contributed by atoms with Gasteiger partial charge in [-0.3, -0.25) is 0 Å². The van der Waals surface area contributed by atoms with E-state index in [1.54, 1.807) is 0 Å². The zero-order valence-corrected chi connectivity index (χ0v) is 15.6. The Morgan fingerprint density at radius 2 is 1.12 bits per heavy atom. The summed E-state index contributed by atoms with van der Waals surface area (Å²) in [6, 6.07) is 15.3. The van der Waals surface area contributed by atoms with Gasteiger partial charge in [0.1, 0.15) is 11.5 Å². The van der Waals surface area contributed by atoms with Crippen molar-refractivity contribution in [3.05, 3.63) is 48.5 Å². The molecule has 2 aromatic carbocycles. The number of nitrogens with one attached hydrogen (secondary N) is 2. The monoisotopic (exact) mass is 454 g/mol. The van der Waals surface area contributed by atoms with Crippen molar-refractivity contribution in [2.24, 2.45) is 0 Å². The molecule has 7 heteroatoms. The van der Waals surface area contributed by atoms with Crippen LogP contribution in [-0.4, -0.2) is 63.8 Å². The molecule has 0 amide bonds. The largest absolute Gasteiger partial charge is 0 e. The molecule has 0 saturated carbocycles. The van der Waals surface area contributed by atoms with Gasteiger partial charge in [0.15, 0.2) is 5.11 Å². The van der Waals surface area contributed by atoms with Gasteiger partial charge in [-0.2, -0.15) is 0 Å². The summed E-state index contributed by atoms with van der Waals surface area (Å²) in [5.74, 6) is 1.69. The van der Waals surface area contributed by atoms with Gasteiger partial charge < -0.3 is 20.1 Å². The zero-order valence-electron chi connectivity index (χ0n) is 13.3. The van der Waals surface area contributed by atoms with Gasteiger partial charge in [0.05, 0.1) is 13.2 Å². The topological polar surface area (TPSA) is 42.5 Å². The van der Waals surface area contributed by atoms with E-state index in [-0.39, 0.29) is 67.2 Å². The fraction of sp³-hybridized carbons (Fsp3) is 0.235. The molecule has 0 atom stereocenters. The third-order valence-electron chi connectivity index (χ3n) is 2.85. The van der Waals surface area contributed by atoms with E-state index in [9.17, 15) is 0 Å². The van der Waals surface area contributed by atoms with Crippen molar-refractivity contribution >= 4 is 74.2 Å². The van der Waals surface area contributed by atoms with Crippen LogP contribution < -0.4 is 20.1 Å². The first-order valence-electron chi connectivity index (χ1n) is 7.25. The summed E-state index contributed by atoms with van der Waals surface area (Å²) in [6.07, 6.45) is 0. The summed E-state index contributed by atoms with van der Waals surface area (Å²) < 4.78 is 10.8. The predicted octanol–water partition coefficient (Wildman–Crippen LogP) is 3.37. The number of rotatable bonds is 6. The predicted molar refractivity (Wildman–Crippen MR) is 104 cm³/mol. The van der Waals surface area contributed by atoms with Crippen molar-refractivity contribution in [1.82, 2.24) is 0 Å². The SMILES string of the molecule is CCOc1ccc(NC(=S)Nc2ccc(OCC)cc2)cc1.[SrH2].[Ti]. The molecular weight excluding hydrogens is 432 g/mol. The van der Waals surface area contributed by atoms with Crippen molar-refractivity contribution in [2.75, 3.05) is 23.8 Å². The van der Waals surface area contributed by atoms with E-state index >= 15 is 0 Å². The number of anilines is 2. The molecule has 0 heterocycles. The molecule has 0 fully saturated rings. The van der Waals surface area contributed by atoms with Crippen LogP contribution in [-0.2, 0) is 21.7 Å². The van der Waals surface area contributed by atoms with Crippen LogP contribution in [0.1, 0.15) is 13.8 Å². The van der Waals surface area contributed by atoms with E-state index in [4.69, 9.17) is 21.7 Å². The van der Waals surface area contributed by atoms with Gasteiger partial charge in [-0.1, -0.05) is 0 Å². The van der Waals surface area contributed by atoms with E-state index in [0.717, 1.165) is 22.9 Å². The van der Waals surface area contributed by atoms with E-state index in [1.165, 1.54) is 0 Å². The normalized spacial score (nSPS) is 9.08. The molecule has 0 unspecified atom stereocenters. The van der Waals surface area contributed by atoms with Crippen molar-refractivity contribution in [3.63, 3.8) is 0 Å². The molecule has 2 aromatic rings. The molecule has 24 heavy (non-hydrogen) atoms. The summed E-state index contributed by atoms with van der Waals surface area (Å²) in [4.78, 5) is 0. The van der Waals surface area contributed by atoms with Gasteiger partial charge in [0, 0.05) is 33.1 Å². The van der Waals surface area contributed by atoms with Gasteiger partial charge in [-0.25, -0.2) is 0 Å². The van der Waals surface area contributed by atoms with Crippen molar-refractivity contribution < 1.29 is 31.2 Å². The maximum Gasteiger partial charge on any atom is 0 e. The van der Waals surface area contributed by atoms with Crippen LogP contribution >= 0.6 is 12.2 Å². The minimum absolute atomic E-state index is 0. The average Bonchev–Trinajstić information content (AvgIpc) is 2.52. The molecule has 2 rings (SSSR count). The second-order valence-corrected chi connectivity index (χ2v) is 4.90. The summed E-state index contributed by atoms with van der Waals surface area (Å²) in [7, 11) is 0. The van der Waals surface area contributed by atoms with Crippen LogP contribution in [0.4, 0.5) is 11.4 Å².